The van der Waals surface area contributed by atoms with E-state index in [9.17, 15) is 4.79 Å². The number of ketones is 1. The molecule has 0 fully saturated rings. The molecule has 0 amide bonds. The summed E-state index contributed by atoms with van der Waals surface area (Å²) in [5.74, 6) is 0.0910. The molecule has 0 aliphatic heterocycles. The first-order valence-corrected chi connectivity index (χ1v) is 3.70. The van der Waals surface area contributed by atoms with Crippen LogP contribution in [0.15, 0.2) is 12.1 Å². The van der Waals surface area contributed by atoms with Crippen molar-refractivity contribution in [3.8, 4) is 5.06 Å². The molecule has 3 heteroatoms. The standard InChI is InChI=1S/C7H8O2S/c1-5(8)6-3-4-7(9-2)10-6/h3-4H,1-2H3. The zero-order valence-electron chi connectivity index (χ0n) is 5.88. The van der Waals surface area contributed by atoms with Gasteiger partial charge in [0.15, 0.2) is 10.8 Å². The number of ether oxygens (including phenoxy) is 1. The lowest BCUT2D eigenvalue weighted by Gasteiger charge is -1.88. The molecule has 0 radical (unpaired) electrons. The Kier molecular flexibility index (Phi) is 2.06. The van der Waals surface area contributed by atoms with Gasteiger partial charge in [-0.15, -0.1) is 0 Å². The highest BCUT2D eigenvalue weighted by Crippen LogP contribution is 2.23. The Morgan fingerprint density at radius 1 is 1.60 bits per heavy atom. The van der Waals surface area contributed by atoms with Crippen LogP contribution in [0.1, 0.15) is 16.6 Å². The number of carbonyl (C=O) groups excluding carboxylic acids is 1. The topological polar surface area (TPSA) is 26.3 Å². The highest BCUT2D eigenvalue weighted by molar-refractivity contribution is 7.15. The lowest BCUT2D eigenvalue weighted by Crippen LogP contribution is -1.83. The molecule has 0 aliphatic carbocycles. The molecule has 0 N–H and O–H groups in total. The molecule has 0 bridgehead atoms. The zero-order chi connectivity index (χ0) is 7.56. The van der Waals surface area contributed by atoms with Gasteiger partial charge in [0.25, 0.3) is 0 Å². The van der Waals surface area contributed by atoms with E-state index in [2.05, 4.69) is 0 Å². The SMILES string of the molecule is COc1ccc(C(C)=O)s1. The van der Waals surface area contributed by atoms with Crippen molar-refractivity contribution < 1.29 is 9.53 Å². The smallest absolute Gasteiger partial charge is 0.173 e. The highest BCUT2D eigenvalue weighted by Gasteiger charge is 2.02. The summed E-state index contributed by atoms with van der Waals surface area (Å²) in [4.78, 5) is 11.5. The van der Waals surface area contributed by atoms with Gasteiger partial charge in [0.2, 0.25) is 0 Å². The quantitative estimate of drug-likeness (QED) is 0.612. The van der Waals surface area contributed by atoms with Crippen molar-refractivity contribution in [2.75, 3.05) is 7.11 Å². The van der Waals surface area contributed by atoms with Gasteiger partial charge < -0.3 is 4.74 Å². The first kappa shape index (κ1) is 7.28. The average Bonchev–Trinajstić information content (AvgIpc) is 2.34. The van der Waals surface area contributed by atoms with E-state index in [1.807, 2.05) is 0 Å². The van der Waals surface area contributed by atoms with Crippen LogP contribution in [0.25, 0.3) is 0 Å². The van der Waals surface area contributed by atoms with Gasteiger partial charge in [-0.2, -0.15) is 0 Å². The number of hydrogen-bond acceptors (Lipinski definition) is 3. The van der Waals surface area contributed by atoms with E-state index in [-0.39, 0.29) is 5.78 Å². The predicted octanol–water partition coefficient (Wildman–Crippen LogP) is 1.96. The summed E-state index contributed by atoms with van der Waals surface area (Å²) in [7, 11) is 1.59. The minimum atomic E-state index is 0.0910. The lowest BCUT2D eigenvalue weighted by molar-refractivity contribution is 0.102. The highest BCUT2D eigenvalue weighted by atomic mass is 32.1. The van der Waals surface area contributed by atoms with Gasteiger partial charge in [-0.05, 0) is 19.1 Å². The summed E-state index contributed by atoms with van der Waals surface area (Å²) in [6.45, 7) is 1.55. The van der Waals surface area contributed by atoms with Crippen molar-refractivity contribution in [1.29, 1.82) is 0 Å². The van der Waals surface area contributed by atoms with Gasteiger partial charge in [-0.1, -0.05) is 11.3 Å². The minimum Gasteiger partial charge on any atom is -0.487 e. The molecule has 1 aromatic rings. The van der Waals surface area contributed by atoms with Crippen LogP contribution in [0.5, 0.6) is 5.06 Å². The Bertz CT molecular complexity index is 240. The van der Waals surface area contributed by atoms with Gasteiger partial charge in [-0.25, -0.2) is 0 Å². The first-order valence-electron chi connectivity index (χ1n) is 2.89. The summed E-state index contributed by atoms with van der Waals surface area (Å²) in [5, 5.41) is 0.783. The number of carbonyl (C=O) groups is 1. The molecule has 54 valence electrons. The first-order chi connectivity index (χ1) is 4.74. The summed E-state index contributed by atoms with van der Waals surface area (Å²) in [5.41, 5.74) is 0. The third kappa shape index (κ3) is 1.36. The summed E-state index contributed by atoms with van der Waals surface area (Å²) < 4.78 is 4.91. The van der Waals surface area contributed by atoms with E-state index in [4.69, 9.17) is 4.74 Å². The van der Waals surface area contributed by atoms with Gasteiger partial charge in [0.05, 0.1) is 12.0 Å². The second-order valence-electron chi connectivity index (χ2n) is 1.88. The third-order valence-corrected chi connectivity index (χ3v) is 2.28. The molecular weight excluding hydrogens is 148 g/mol. The van der Waals surface area contributed by atoms with Crippen molar-refractivity contribution in [1.82, 2.24) is 0 Å². The molecule has 1 rings (SSSR count). The van der Waals surface area contributed by atoms with Crippen LogP contribution in [0, 0.1) is 0 Å². The molecule has 0 saturated carbocycles. The van der Waals surface area contributed by atoms with Crippen molar-refractivity contribution in [3.63, 3.8) is 0 Å². The van der Waals surface area contributed by atoms with Crippen LogP contribution in [0.4, 0.5) is 0 Å². The Morgan fingerprint density at radius 2 is 2.30 bits per heavy atom. The molecule has 0 spiro atoms. The fraction of sp³-hybridized carbons (Fsp3) is 0.286. The number of methoxy groups -OCH3 is 1. The van der Waals surface area contributed by atoms with Crippen molar-refractivity contribution >= 4 is 17.1 Å². The Morgan fingerprint density at radius 3 is 2.60 bits per heavy atom. The van der Waals surface area contributed by atoms with Crippen LogP contribution >= 0.6 is 11.3 Å². The predicted molar refractivity (Wildman–Crippen MR) is 40.9 cm³/mol. The van der Waals surface area contributed by atoms with Crippen LogP contribution < -0.4 is 4.74 Å². The Balaban J connectivity index is 2.88. The lowest BCUT2D eigenvalue weighted by atomic mass is 10.4. The summed E-state index contributed by atoms with van der Waals surface area (Å²) in [6, 6.07) is 3.56. The van der Waals surface area contributed by atoms with Gasteiger partial charge in [0, 0.05) is 0 Å². The fourth-order valence-electron chi connectivity index (χ4n) is 0.619. The van der Waals surface area contributed by atoms with Crippen LogP contribution in [-0.4, -0.2) is 12.9 Å². The molecule has 1 aromatic heterocycles. The van der Waals surface area contributed by atoms with E-state index in [0.29, 0.717) is 0 Å². The van der Waals surface area contributed by atoms with Crippen molar-refractivity contribution in [3.05, 3.63) is 17.0 Å². The normalized spacial score (nSPS) is 9.40. The molecule has 0 aliphatic rings. The van der Waals surface area contributed by atoms with Crippen LogP contribution in [-0.2, 0) is 0 Å². The largest absolute Gasteiger partial charge is 0.487 e. The second kappa shape index (κ2) is 2.84. The van der Waals surface area contributed by atoms with Gasteiger partial charge >= 0.3 is 0 Å². The molecule has 10 heavy (non-hydrogen) atoms. The third-order valence-electron chi connectivity index (χ3n) is 1.13. The maximum Gasteiger partial charge on any atom is 0.173 e. The van der Waals surface area contributed by atoms with E-state index in [1.54, 1.807) is 26.2 Å². The monoisotopic (exact) mass is 156 g/mol. The van der Waals surface area contributed by atoms with Gasteiger partial charge in [-0.3, -0.25) is 4.79 Å². The molecule has 0 aromatic carbocycles. The zero-order valence-corrected chi connectivity index (χ0v) is 6.70. The maximum absolute atomic E-state index is 10.7. The average molecular weight is 156 g/mol. The van der Waals surface area contributed by atoms with E-state index in [1.165, 1.54) is 11.3 Å². The molecule has 1 heterocycles. The molecule has 0 atom stereocenters. The van der Waals surface area contributed by atoms with E-state index in [0.717, 1.165) is 9.94 Å². The Labute approximate surface area is 63.4 Å². The van der Waals surface area contributed by atoms with E-state index >= 15 is 0 Å². The molecule has 2 nitrogen and oxygen atoms in total. The number of thiophene rings is 1. The molecule has 0 unspecified atom stereocenters. The van der Waals surface area contributed by atoms with Crippen LogP contribution in [0.2, 0.25) is 0 Å². The fourth-order valence-corrected chi connectivity index (χ4v) is 1.34. The van der Waals surface area contributed by atoms with Crippen molar-refractivity contribution in [2.24, 2.45) is 0 Å². The van der Waals surface area contributed by atoms with Crippen LogP contribution in [0.3, 0.4) is 0 Å². The Hall–Kier alpha value is -0.830. The number of hydrogen-bond donors (Lipinski definition) is 0. The number of rotatable bonds is 2. The number of Topliss-reactive ketones (excluding diaryl/α,β-unsaturated/α-hetero) is 1. The minimum absolute atomic E-state index is 0.0910. The molecule has 0 saturated heterocycles. The second-order valence-corrected chi connectivity index (χ2v) is 2.93. The summed E-state index contributed by atoms with van der Waals surface area (Å²) >= 11 is 1.37. The maximum atomic E-state index is 10.7. The van der Waals surface area contributed by atoms with E-state index < -0.39 is 0 Å². The summed E-state index contributed by atoms with van der Waals surface area (Å²) in [6.07, 6.45) is 0. The molecular formula is C7H8O2S. The van der Waals surface area contributed by atoms with Crippen molar-refractivity contribution in [2.45, 2.75) is 6.92 Å². The van der Waals surface area contributed by atoms with Gasteiger partial charge in [0.1, 0.15) is 0 Å².